The number of esters is 1. The standard InChI is InChI=1S/C23H22ClN3O5/c1-3-5-16-20(23(28)29-4-2)19(14(11-25)22(26)32-16)13-8-12-9-17-18(31-7-6-30-17)10-15(12)27-21(13)24/h8-10,19H,3-7,26H2,1-2H3/t19-/m0/s1. The third-order valence-electron chi connectivity index (χ3n) is 5.24. The first-order valence-corrected chi connectivity index (χ1v) is 10.7. The van der Waals surface area contributed by atoms with Crippen molar-refractivity contribution in [1.82, 2.24) is 4.98 Å². The number of rotatable bonds is 5. The van der Waals surface area contributed by atoms with E-state index in [-0.39, 0.29) is 28.8 Å². The molecule has 0 fully saturated rings. The molecule has 0 saturated heterocycles. The molecule has 32 heavy (non-hydrogen) atoms. The first-order valence-electron chi connectivity index (χ1n) is 10.4. The van der Waals surface area contributed by atoms with E-state index in [1.165, 1.54) is 0 Å². The van der Waals surface area contributed by atoms with E-state index in [9.17, 15) is 10.1 Å². The van der Waals surface area contributed by atoms with Gasteiger partial charge in [0.1, 0.15) is 35.8 Å². The lowest BCUT2D eigenvalue weighted by atomic mass is 9.82. The Balaban J connectivity index is 1.93. The van der Waals surface area contributed by atoms with Crippen molar-refractivity contribution in [2.75, 3.05) is 19.8 Å². The van der Waals surface area contributed by atoms with Crippen molar-refractivity contribution in [3.05, 3.63) is 51.7 Å². The highest BCUT2D eigenvalue weighted by Crippen LogP contribution is 2.44. The Morgan fingerprint density at radius 2 is 2.00 bits per heavy atom. The van der Waals surface area contributed by atoms with Gasteiger partial charge < -0.3 is 24.7 Å². The summed E-state index contributed by atoms with van der Waals surface area (Å²) in [5, 5.41) is 10.7. The topological polar surface area (TPSA) is 117 Å². The highest BCUT2D eigenvalue weighted by Gasteiger charge is 2.39. The van der Waals surface area contributed by atoms with Crippen LogP contribution in [0.4, 0.5) is 0 Å². The molecule has 0 bridgehead atoms. The number of carbonyl (C=O) groups excluding carboxylic acids is 1. The van der Waals surface area contributed by atoms with Crippen LogP contribution in [0.25, 0.3) is 10.9 Å². The molecule has 3 heterocycles. The van der Waals surface area contributed by atoms with Gasteiger partial charge in [-0.05, 0) is 25.5 Å². The number of halogens is 1. The molecule has 0 radical (unpaired) electrons. The predicted molar refractivity (Wildman–Crippen MR) is 117 cm³/mol. The molecular formula is C23H22ClN3O5. The van der Waals surface area contributed by atoms with E-state index in [1.54, 1.807) is 25.1 Å². The summed E-state index contributed by atoms with van der Waals surface area (Å²) in [6, 6.07) is 7.41. The summed E-state index contributed by atoms with van der Waals surface area (Å²) in [6.07, 6.45) is 1.15. The smallest absolute Gasteiger partial charge is 0.338 e. The fourth-order valence-corrected chi connectivity index (χ4v) is 4.13. The lowest BCUT2D eigenvalue weighted by Gasteiger charge is -2.28. The molecule has 0 spiro atoms. The average Bonchev–Trinajstić information content (AvgIpc) is 2.77. The van der Waals surface area contributed by atoms with E-state index >= 15 is 0 Å². The fraction of sp³-hybridized carbons (Fsp3) is 0.348. The van der Waals surface area contributed by atoms with Crippen molar-refractivity contribution in [1.29, 1.82) is 5.26 Å². The minimum atomic E-state index is -0.869. The van der Waals surface area contributed by atoms with Gasteiger partial charge in [0.05, 0.1) is 23.6 Å². The molecule has 166 valence electrons. The van der Waals surface area contributed by atoms with Gasteiger partial charge in [0.25, 0.3) is 0 Å². The minimum Gasteiger partial charge on any atom is -0.486 e. The maximum absolute atomic E-state index is 13.0. The second kappa shape index (κ2) is 8.97. The van der Waals surface area contributed by atoms with Crippen LogP contribution in [-0.4, -0.2) is 30.8 Å². The molecule has 0 amide bonds. The Morgan fingerprint density at radius 3 is 2.66 bits per heavy atom. The van der Waals surface area contributed by atoms with Gasteiger partial charge in [-0.15, -0.1) is 0 Å². The second-order valence-electron chi connectivity index (χ2n) is 7.29. The fourth-order valence-electron chi connectivity index (χ4n) is 3.88. The molecule has 1 atom stereocenters. The number of nitrogens with two attached hydrogens (primary N) is 1. The zero-order valence-electron chi connectivity index (χ0n) is 17.7. The second-order valence-corrected chi connectivity index (χ2v) is 7.65. The first kappa shape index (κ1) is 21.8. The summed E-state index contributed by atoms with van der Waals surface area (Å²) in [7, 11) is 0. The van der Waals surface area contributed by atoms with Crippen molar-refractivity contribution in [3.63, 3.8) is 0 Å². The Labute approximate surface area is 190 Å². The van der Waals surface area contributed by atoms with Crippen molar-refractivity contribution in [3.8, 4) is 17.6 Å². The molecule has 0 saturated carbocycles. The van der Waals surface area contributed by atoms with E-state index in [2.05, 4.69) is 11.1 Å². The maximum Gasteiger partial charge on any atom is 0.338 e. The summed E-state index contributed by atoms with van der Waals surface area (Å²) in [4.78, 5) is 17.5. The summed E-state index contributed by atoms with van der Waals surface area (Å²) in [5.41, 5.74) is 7.41. The normalized spacial score (nSPS) is 17.8. The largest absolute Gasteiger partial charge is 0.486 e. The Kier molecular flexibility index (Phi) is 6.10. The number of carbonyl (C=O) groups is 1. The molecule has 2 N–H and O–H groups in total. The number of ether oxygens (including phenoxy) is 4. The monoisotopic (exact) mass is 455 g/mol. The minimum absolute atomic E-state index is 0.0627. The molecule has 2 aliphatic rings. The van der Waals surface area contributed by atoms with E-state index < -0.39 is 11.9 Å². The number of fused-ring (bicyclic) bond motifs is 2. The molecule has 4 rings (SSSR count). The van der Waals surface area contributed by atoms with Crippen molar-refractivity contribution in [2.24, 2.45) is 5.73 Å². The number of pyridine rings is 1. The molecule has 0 aliphatic carbocycles. The molecule has 9 heteroatoms. The number of aromatic nitrogens is 1. The SMILES string of the molecule is CCCC1=C(C(=O)OCC)[C@@H](c2cc3cc4c(cc3nc2Cl)OCCO4)C(C#N)=C(N)O1. The highest BCUT2D eigenvalue weighted by molar-refractivity contribution is 6.30. The summed E-state index contributed by atoms with van der Waals surface area (Å²) in [5.74, 6) is 0.0316. The summed E-state index contributed by atoms with van der Waals surface area (Å²) < 4.78 is 22.3. The zero-order valence-corrected chi connectivity index (χ0v) is 18.5. The molecule has 0 unspecified atom stereocenters. The lowest BCUT2D eigenvalue weighted by Crippen LogP contribution is -2.26. The van der Waals surface area contributed by atoms with Crippen LogP contribution >= 0.6 is 11.6 Å². The molecule has 1 aromatic heterocycles. The highest BCUT2D eigenvalue weighted by atomic mass is 35.5. The van der Waals surface area contributed by atoms with Gasteiger partial charge in [-0.1, -0.05) is 18.5 Å². The van der Waals surface area contributed by atoms with Gasteiger partial charge >= 0.3 is 5.97 Å². The molecular weight excluding hydrogens is 434 g/mol. The third kappa shape index (κ3) is 3.80. The summed E-state index contributed by atoms with van der Waals surface area (Å²) in [6.45, 7) is 4.73. The van der Waals surface area contributed by atoms with Gasteiger partial charge in [0, 0.05) is 23.4 Å². The Morgan fingerprint density at radius 1 is 1.28 bits per heavy atom. The number of nitrogens with zero attached hydrogens (tertiary/aromatic N) is 2. The van der Waals surface area contributed by atoms with Crippen LogP contribution in [0.3, 0.4) is 0 Å². The van der Waals surface area contributed by atoms with E-state index in [4.69, 9.17) is 36.3 Å². The van der Waals surface area contributed by atoms with Crippen molar-refractivity contribution >= 4 is 28.5 Å². The van der Waals surface area contributed by atoms with Crippen LogP contribution in [0.5, 0.6) is 11.5 Å². The Hall–Kier alpha value is -3.44. The lowest BCUT2D eigenvalue weighted by molar-refractivity contribution is -0.139. The predicted octanol–water partition coefficient (Wildman–Crippen LogP) is 4.08. The van der Waals surface area contributed by atoms with Crippen LogP contribution in [0.15, 0.2) is 41.0 Å². The average molecular weight is 456 g/mol. The first-order chi connectivity index (χ1) is 15.5. The van der Waals surface area contributed by atoms with Crippen LogP contribution < -0.4 is 15.2 Å². The Bertz CT molecular complexity index is 1200. The molecule has 2 aliphatic heterocycles. The quantitative estimate of drug-likeness (QED) is 0.529. The molecule has 2 aromatic rings. The van der Waals surface area contributed by atoms with E-state index in [0.29, 0.717) is 54.4 Å². The zero-order chi connectivity index (χ0) is 22.8. The third-order valence-corrected chi connectivity index (χ3v) is 5.54. The van der Waals surface area contributed by atoms with E-state index in [1.807, 2.05) is 6.92 Å². The number of benzene rings is 1. The number of nitriles is 1. The van der Waals surface area contributed by atoms with Crippen LogP contribution in [0.2, 0.25) is 5.15 Å². The van der Waals surface area contributed by atoms with Gasteiger partial charge in [-0.25, -0.2) is 9.78 Å². The van der Waals surface area contributed by atoms with Crippen molar-refractivity contribution < 1.29 is 23.7 Å². The van der Waals surface area contributed by atoms with Crippen LogP contribution in [0.1, 0.15) is 38.2 Å². The summed E-state index contributed by atoms with van der Waals surface area (Å²) >= 11 is 6.59. The van der Waals surface area contributed by atoms with Crippen LogP contribution in [-0.2, 0) is 14.3 Å². The molecule has 1 aromatic carbocycles. The van der Waals surface area contributed by atoms with Gasteiger partial charge in [0.15, 0.2) is 11.5 Å². The van der Waals surface area contributed by atoms with Crippen LogP contribution in [0, 0.1) is 11.3 Å². The van der Waals surface area contributed by atoms with Gasteiger partial charge in [-0.3, -0.25) is 0 Å². The van der Waals surface area contributed by atoms with Gasteiger partial charge in [0.2, 0.25) is 5.88 Å². The number of allylic oxidation sites excluding steroid dienone is 2. The van der Waals surface area contributed by atoms with Gasteiger partial charge in [-0.2, -0.15) is 5.26 Å². The van der Waals surface area contributed by atoms with Crippen molar-refractivity contribution in [2.45, 2.75) is 32.6 Å². The molecule has 8 nitrogen and oxygen atoms in total. The van der Waals surface area contributed by atoms with E-state index in [0.717, 1.165) is 5.39 Å². The maximum atomic E-state index is 13.0. The number of hydrogen-bond acceptors (Lipinski definition) is 8. The number of hydrogen-bond donors (Lipinski definition) is 1.